The van der Waals surface area contributed by atoms with Gasteiger partial charge in [0.05, 0.1) is 18.6 Å². The number of aryl methyl sites for hydroxylation is 2. The van der Waals surface area contributed by atoms with E-state index in [4.69, 9.17) is 20.8 Å². The van der Waals surface area contributed by atoms with Crippen LogP contribution < -0.4 is 4.74 Å². The molecule has 6 heteroatoms. The van der Waals surface area contributed by atoms with Crippen molar-refractivity contribution in [1.82, 2.24) is 4.98 Å². The van der Waals surface area contributed by atoms with Crippen molar-refractivity contribution in [3.8, 4) is 5.75 Å². The third kappa shape index (κ3) is 3.61. The lowest BCUT2D eigenvalue weighted by atomic mass is 10.2. The van der Waals surface area contributed by atoms with Gasteiger partial charge in [0.15, 0.2) is 0 Å². The second-order valence-corrected chi connectivity index (χ2v) is 6.30. The minimum atomic E-state index is -1.12. The molecule has 0 amide bonds. The molecule has 1 atom stereocenters. The monoisotopic (exact) mass is 313 g/mol. The topological polar surface area (TPSA) is 52.3 Å². The molecular formula is C14H16ClNO3S. The van der Waals surface area contributed by atoms with Crippen LogP contribution in [0.1, 0.15) is 22.9 Å². The van der Waals surface area contributed by atoms with Gasteiger partial charge in [-0.05, 0) is 31.5 Å². The van der Waals surface area contributed by atoms with Crippen LogP contribution in [0.4, 0.5) is 0 Å². The number of rotatable bonds is 5. The normalized spacial score (nSPS) is 12.4. The third-order valence-electron chi connectivity index (χ3n) is 2.93. The predicted molar refractivity (Wildman–Crippen MR) is 79.5 cm³/mol. The first-order chi connectivity index (χ1) is 9.49. The number of aromatic nitrogens is 1. The molecule has 0 aliphatic heterocycles. The largest absolute Gasteiger partial charge is 0.497 e. The molecule has 1 unspecified atom stereocenters. The Morgan fingerprint density at radius 3 is 2.65 bits per heavy atom. The van der Waals surface area contributed by atoms with Crippen molar-refractivity contribution in [2.75, 3.05) is 7.11 Å². The first-order valence-electron chi connectivity index (χ1n) is 6.10. The second kappa shape index (κ2) is 6.41. The SMILES string of the molecule is COc1ccc(CS(=O)Cc2nc(C)c(C)o2)c(Cl)c1. The zero-order valence-electron chi connectivity index (χ0n) is 11.6. The number of halogens is 1. The highest BCUT2D eigenvalue weighted by molar-refractivity contribution is 7.83. The molecule has 0 saturated heterocycles. The highest BCUT2D eigenvalue weighted by atomic mass is 35.5. The highest BCUT2D eigenvalue weighted by Gasteiger charge is 2.12. The first-order valence-corrected chi connectivity index (χ1v) is 7.96. The van der Waals surface area contributed by atoms with Crippen molar-refractivity contribution in [2.24, 2.45) is 0 Å². The second-order valence-electron chi connectivity index (χ2n) is 4.44. The molecule has 0 radical (unpaired) electrons. The molecule has 0 spiro atoms. The summed E-state index contributed by atoms with van der Waals surface area (Å²) in [4.78, 5) is 4.23. The first kappa shape index (κ1) is 15.1. The van der Waals surface area contributed by atoms with Gasteiger partial charge in [0.25, 0.3) is 0 Å². The summed E-state index contributed by atoms with van der Waals surface area (Å²) >= 11 is 6.13. The van der Waals surface area contributed by atoms with Crippen LogP contribution in [0, 0.1) is 13.8 Å². The summed E-state index contributed by atoms with van der Waals surface area (Å²) < 4.78 is 22.6. The van der Waals surface area contributed by atoms with E-state index in [2.05, 4.69) is 4.98 Å². The number of nitrogens with zero attached hydrogens (tertiary/aromatic N) is 1. The standard InChI is InChI=1S/C14H16ClNO3S/c1-9-10(2)19-14(16-9)8-20(17)7-11-4-5-12(18-3)6-13(11)15/h4-6H,7-8H2,1-3H3. The summed E-state index contributed by atoms with van der Waals surface area (Å²) in [5.74, 6) is 2.60. The number of hydrogen-bond acceptors (Lipinski definition) is 4. The van der Waals surface area contributed by atoms with Crippen LogP contribution in [-0.2, 0) is 22.3 Å². The number of ether oxygens (including phenoxy) is 1. The van der Waals surface area contributed by atoms with E-state index in [0.717, 1.165) is 17.0 Å². The summed E-state index contributed by atoms with van der Waals surface area (Å²) in [6.45, 7) is 3.71. The average molecular weight is 314 g/mol. The van der Waals surface area contributed by atoms with E-state index in [-0.39, 0.29) is 5.75 Å². The van der Waals surface area contributed by atoms with Gasteiger partial charge < -0.3 is 9.15 Å². The quantitative estimate of drug-likeness (QED) is 0.849. The van der Waals surface area contributed by atoms with Gasteiger partial charge in [-0.2, -0.15) is 0 Å². The van der Waals surface area contributed by atoms with Gasteiger partial charge in [-0.3, -0.25) is 4.21 Å². The van der Waals surface area contributed by atoms with Gasteiger partial charge in [0, 0.05) is 15.8 Å². The molecule has 0 bridgehead atoms. The van der Waals surface area contributed by atoms with Crippen LogP contribution in [0.2, 0.25) is 5.02 Å². The molecule has 1 heterocycles. The fraction of sp³-hybridized carbons (Fsp3) is 0.357. The summed E-state index contributed by atoms with van der Waals surface area (Å²) in [6, 6.07) is 5.34. The van der Waals surface area contributed by atoms with Gasteiger partial charge in [0.1, 0.15) is 17.3 Å². The van der Waals surface area contributed by atoms with E-state index in [9.17, 15) is 4.21 Å². The Morgan fingerprint density at radius 2 is 2.10 bits per heavy atom. The van der Waals surface area contributed by atoms with E-state index in [1.165, 1.54) is 0 Å². The Morgan fingerprint density at radius 1 is 1.35 bits per heavy atom. The number of hydrogen-bond donors (Lipinski definition) is 0. The van der Waals surface area contributed by atoms with Crippen LogP contribution in [0.25, 0.3) is 0 Å². The van der Waals surface area contributed by atoms with Gasteiger partial charge in [0.2, 0.25) is 5.89 Å². The molecular weight excluding hydrogens is 298 g/mol. The molecule has 0 aliphatic rings. The van der Waals surface area contributed by atoms with Crippen LogP contribution in [0.3, 0.4) is 0 Å². The fourth-order valence-electron chi connectivity index (χ4n) is 1.74. The van der Waals surface area contributed by atoms with E-state index < -0.39 is 10.8 Å². The average Bonchev–Trinajstić information content (AvgIpc) is 2.70. The molecule has 108 valence electrons. The van der Waals surface area contributed by atoms with E-state index >= 15 is 0 Å². The van der Waals surface area contributed by atoms with Crippen LogP contribution in [-0.4, -0.2) is 16.3 Å². The zero-order chi connectivity index (χ0) is 14.7. The molecule has 20 heavy (non-hydrogen) atoms. The van der Waals surface area contributed by atoms with Crippen molar-refractivity contribution in [3.05, 3.63) is 46.1 Å². The van der Waals surface area contributed by atoms with Gasteiger partial charge in [-0.25, -0.2) is 4.98 Å². The molecule has 1 aromatic heterocycles. The van der Waals surface area contributed by atoms with Crippen molar-refractivity contribution in [3.63, 3.8) is 0 Å². The highest BCUT2D eigenvalue weighted by Crippen LogP contribution is 2.24. The summed E-state index contributed by atoms with van der Waals surface area (Å²) in [7, 11) is 0.463. The zero-order valence-corrected chi connectivity index (χ0v) is 13.2. The van der Waals surface area contributed by atoms with Crippen molar-refractivity contribution >= 4 is 22.4 Å². The van der Waals surface area contributed by atoms with E-state index in [0.29, 0.717) is 22.4 Å². The summed E-state index contributed by atoms with van der Waals surface area (Å²) in [6.07, 6.45) is 0. The molecule has 0 fully saturated rings. The third-order valence-corrected chi connectivity index (χ3v) is 4.49. The molecule has 2 rings (SSSR count). The lowest BCUT2D eigenvalue weighted by molar-refractivity contribution is 0.414. The van der Waals surface area contributed by atoms with E-state index in [1.54, 1.807) is 19.2 Å². The fourth-order valence-corrected chi connectivity index (χ4v) is 3.15. The van der Waals surface area contributed by atoms with Crippen LogP contribution >= 0.6 is 11.6 Å². The van der Waals surface area contributed by atoms with Gasteiger partial charge >= 0.3 is 0 Å². The van der Waals surface area contributed by atoms with Crippen molar-refractivity contribution in [2.45, 2.75) is 25.4 Å². The Kier molecular flexibility index (Phi) is 4.83. The minimum Gasteiger partial charge on any atom is -0.497 e. The Hall–Kier alpha value is -1.33. The molecule has 4 nitrogen and oxygen atoms in total. The molecule has 0 aliphatic carbocycles. The number of methoxy groups -OCH3 is 1. The number of oxazole rings is 1. The predicted octanol–water partition coefficient (Wildman–Crippen LogP) is 3.40. The maximum atomic E-state index is 12.1. The lowest BCUT2D eigenvalue weighted by Gasteiger charge is -2.06. The number of benzene rings is 1. The lowest BCUT2D eigenvalue weighted by Crippen LogP contribution is -2.00. The summed E-state index contributed by atoms with van der Waals surface area (Å²) in [5.41, 5.74) is 1.66. The van der Waals surface area contributed by atoms with E-state index in [1.807, 2.05) is 19.9 Å². The van der Waals surface area contributed by atoms with Crippen LogP contribution in [0.5, 0.6) is 5.75 Å². The Bertz CT molecular complexity index is 620. The van der Waals surface area contributed by atoms with Crippen molar-refractivity contribution < 1.29 is 13.4 Å². The van der Waals surface area contributed by atoms with Crippen molar-refractivity contribution in [1.29, 1.82) is 0 Å². The van der Waals surface area contributed by atoms with Crippen LogP contribution in [0.15, 0.2) is 22.6 Å². The maximum Gasteiger partial charge on any atom is 0.207 e. The molecule has 2 aromatic rings. The smallest absolute Gasteiger partial charge is 0.207 e. The van der Waals surface area contributed by atoms with Gasteiger partial charge in [-0.15, -0.1) is 0 Å². The summed E-state index contributed by atoms with van der Waals surface area (Å²) in [5, 5.41) is 0.553. The maximum absolute atomic E-state index is 12.1. The Labute approximate surface area is 125 Å². The molecule has 0 N–H and O–H groups in total. The molecule has 0 saturated carbocycles. The molecule has 1 aromatic carbocycles. The minimum absolute atomic E-state index is 0.289. The van der Waals surface area contributed by atoms with Gasteiger partial charge in [-0.1, -0.05) is 17.7 Å². The Balaban J connectivity index is 2.04.